The van der Waals surface area contributed by atoms with Gasteiger partial charge >= 0.3 is 0 Å². The van der Waals surface area contributed by atoms with Gasteiger partial charge in [-0.15, -0.1) is 0 Å². The molecule has 0 radical (unpaired) electrons. The number of rotatable bonds is 3. The summed E-state index contributed by atoms with van der Waals surface area (Å²) < 4.78 is 5.59. The van der Waals surface area contributed by atoms with Crippen LogP contribution in [0.25, 0.3) is 0 Å². The van der Waals surface area contributed by atoms with E-state index in [0.29, 0.717) is 12.5 Å². The Balaban J connectivity index is 1.95. The Morgan fingerprint density at radius 1 is 1.41 bits per heavy atom. The molecular formula is C13H24N2O2. The lowest BCUT2D eigenvalue weighted by Crippen LogP contribution is -2.42. The Kier molecular flexibility index (Phi) is 3.73. The van der Waals surface area contributed by atoms with Gasteiger partial charge in [0, 0.05) is 19.6 Å². The molecule has 1 saturated heterocycles. The third-order valence-electron chi connectivity index (χ3n) is 3.78. The Morgan fingerprint density at radius 2 is 2.12 bits per heavy atom. The Bertz CT molecular complexity index is 287. The molecule has 0 aromatic rings. The number of carbonyl (C=O) groups excluding carboxylic acids is 1. The third kappa shape index (κ3) is 2.99. The van der Waals surface area contributed by atoms with E-state index in [1.807, 2.05) is 19.0 Å². The fourth-order valence-corrected chi connectivity index (χ4v) is 2.63. The summed E-state index contributed by atoms with van der Waals surface area (Å²) in [6.45, 7) is 5.28. The van der Waals surface area contributed by atoms with Crippen LogP contribution in [0.15, 0.2) is 0 Å². The van der Waals surface area contributed by atoms with Crippen LogP contribution in [0.1, 0.15) is 26.2 Å². The summed E-state index contributed by atoms with van der Waals surface area (Å²) in [7, 11) is 4.09. The minimum atomic E-state index is -0.0723. The fraction of sp³-hybridized carbons (Fsp3) is 0.923. The van der Waals surface area contributed by atoms with Crippen molar-refractivity contribution in [3.05, 3.63) is 0 Å². The highest BCUT2D eigenvalue weighted by Crippen LogP contribution is 2.47. The molecule has 0 aromatic heterocycles. The van der Waals surface area contributed by atoms with Crippen LogP contribution in [0.2, 0.25) is 0 Å². The van der Waals surface area contributed by atoms with Crippen molar-refractivity contribution >= 4 is 5.91 Å². The van der Waals surface area contributed by atoms with E-state index < -0.39 is 0 Å². The van der Waals surface area contributed by atoms with Crippen LogP contribution < -0.4 is 0 Å². The smallest absolute Gasteiger partial charge is 0.230 e. The molecule has 0 bridgehead atoms. The van der Waals surface area contributed by atoms with Crippen molar-refractivity contribution in [1.82, 2.24) is 9.80 Å². The molecule has 1 saturated carbocycles. The van der Waals surface area contributed by atoms with E-state index in [-0.39, 0.29) is 11.5 Å². The molecular weight excluding hydrogens is 216 g/mol. The van der Waals surface area contributed by atoms with Crippen LogP contribution in [0.4, 0.5) is 0 Å². The molecule has 17 heavy (non-hydrogen) atoms. The highest BCUT2D eigenvalue weighted by molar-refractivity contribution is 5.85. The molecule has 0 N–H and O–H groups in total. The topological polar surface area (TPSA) is 32.8 Å². The molecule has 1 unspecified atom stereocenters. The van der Waals surface area contributed by atoms with Crippen molar-refractivity contribution in [2.75, 3.05) is 40.3 Å². The standard InChI is InChI=1S/C13H24N2O2/c1-11-4-7-15(8-9-17-11)12(16)13(5-6-13)10-14(2)3/h11H,4-10H2,1-3H3. The van der Waals surface area contributed by atoms with Crippen molar-refractivity contribution < 1.29 is 9.53 Å². The van der Waals surface area contributed by atoms with Gasteiger partial charge in [-0.3, -0.25) is 4.79 Å². The largest absolute Gasteiger partial charge is 0.377 e. The summed E-state index contributed by atoms with van der Waals surface area (Å²) >= 11 is 0. The first-order valence-electron chi connectivity index (χ1n) is 6.59. The predicted octanol–water partition coefficient (Wildman–Crippen LogP) is 0.966. The summed E-state index contributed by atoms with van der Waals surface area (Å²) in [4.78, 5) is 16.7. The van der Waals surface area contributed by atoms with Crippen molar-refractivity contribution in [2.45, 2.75) is 32.3 Å². The lowest BCUT2D eigenvalue weighted by molar-refractivity contribution is -0.137. The molecule has 1 aliphatic carbocycles. The van der Waals surface area contributed by atoms with Crippen LogP contribution in [-0.2, 0) is 9.53 Å². The van der Waals surface area contributed by atoms with Crippen molar-refractivity contribution in [1.29, 1.82) is 0 Å². The van der Waals surface area contributed by atoms with Crippen LogP contribution in [-0.4, -0.2) is 62.1 Å². The first-order valence-corrected chi connectivity index (χ1v) is 6.59. The van der Waals surface area contributed by atoms with Crippen molar-refractivity contribution in [2.24, 2.45) is 5.41 Å². The van der Waals surface area contributed by atoms with Crippen LogP contribution in [0.3, 0.4) is 0 Å². The van der Waals surface area contributed by atoms with Gasteiger partial charge in [-0.25, -0.2) is 0 Å². The van der Waals surface area contributed by atoms with E-state index >= 15 is 0 Å². The van der Waals surface area contributed by atoms with E-state index in [0.717, 1.165) is 38.9 Å². The van der Waals surface area contributed by atoms with E-state index in [4.69, 9.17) is 4.74 Å². The quantitative estimate of drug-likeness (QED) is 0.737. The maximum absolute atomic E-state index is 12.5. The predicted molar refractivity (Wildman–Crippen MR) is 66.8 cm³/mol. The zero-order valence-corrected chi connectivity index (χ0v) is 11.2. The molecule has 1 amide bonds. The van der Waals surface area contributed by atoms with Gasteiger partial charge in [0.25, 0.3) is 0 Å². The van der Waals surface area contributed by atoms with Gasteiger partial charge in [0.15, 0.2) is 0 Å². The van der Waals surface area contributed by atoms with Crippen molar-refractivity contribution in [3.63, 3.8) is 0 Å². The molecule has 1 heterocycles. The Labute approximate surface area is 104 Å². The molecule has 1 atom stereocenters. The molecule has 98 valence electrons. The molecule has 2 aliphatic rings. The summed E-state index contributed by atoms with van der Waals surface area (Å²) in [5.74, 6) is 0.351. The number of amides is 1. The average Bonchev–Trinajstić information content (AvgIpc) is 3.03. The van der Waals surface area contributed by atoms with Gasteiger partial charge in [0.05, 0.1) is 18.1 Å². The molecule has 0 aromatic carbocycles. The lowest BCUT2D eigenvalue weighted by Gasteiger charge is -2.27. The molecule has 2 fully saturated rings. The second-order valence-corrected chi connectivity index (χ2v) is 5.78. The minimum absolute atomic E-state index is 0.0723. The monoisotopic (exact) mass is 240 g/mol. The highest BCUT2D eigenvalue weighted by Gasteiger charge is 2.51. The summed E-state index contributed by atoms with van der Waals surface area (Å²) in [5, 5.41) is 0. The lowest BCUT2D eigenvalue weighted by atomic mass is 10.0. The maximum Gasteiger partial charge on any atom is 0.230 e. The van der Waals surface area contributed by atoms with Gasteiger partial charge in [-0.05, 0) is 40.3 Å². The molecule has 2 rings (SSSR count). The van der Waals surface area contributed by atoms with Gasteiger partial charge in [-0.2, -0.15) is 0 Å². The maximum atomic E-state index is 12.5. The van der Waals surface area contributed by atoms with E-state index in [2.05, 4.69) is 11.8 Å². The van der Waals surface area contributed by atoms with Crippen LogP contribution >= 0.6 is 0 Å². The SMILES string of the molecule is CC1CCN(C(=O)C2(CN(C)C)CC2)CCO1. The van der Waals surface area contributed by atoms with Gasteiger partial charge in [0.2, 0.25) is 5.91 Å². The molecule has 4 nitrogen and oxygen atoms in total. The minimum Gasteiger partial charge on any atom is -0.377 e. The molecule has 4 heteroatoms. The zero-order chi connectivity index (χ0) is 12.5. The summed E-state index contributed by atoms with van der Waals surface area (Å²) in [5.41, 5.74) is -0.0723. The number of carbonyl (C=O) groups is 1. The van der Waals surface area contributed by atoms with Crippen molar-refractivity contribution in [3.8, 4) is 0 Å². The first-order chi connectivity index (χ1) is 8.03. The second kappa shape index (κ2) is 4.94. The highest BCUT2D eigenvalue weighted by atomic mass is 16.5. The molecule has 1 aliphatic heterocycles. The normalized spacial score (nSPS) is 28.0. The average molecular weight is 240 g/mol. The van der Waals surface area contributed by atoms with Crippen LogP contribution in [0, 0.1) is 5.41 Å². The summed E-state index contributed by atoms with van der Waals surface area (Å²) in [6, 6.07) is 0. The van der Waals surface area contributed by atoms with Gasteiger partial charge in [0.1, 0.15) is 0 Å². The number of ether oxygens (including phenoxy) is 1. The third-order valence-corrected chi connectivity index (χ3v) is 3.78. The summed E-state index contributed by atoms with van der Waals surface area (Å²) in [6.07, 6.45) is 3.36. The zero-order valence-electron chi connectivity index (χ0n) is 11.2. The molecule has 0 spiro atoms. The first kappa shape index (κ1) is 12.8. The van der Waals surface area contributed by atoms with E-state index in [1.54, 1.807) is 0 Å². The van der Waals surface area contributed by atoms with E-state index in [1.165, 1.54) is 0 Å². The van der Waals surface area contributed by atoms with Gasteiger partial charge < -0.3 is 14.5 Å². The Hall–Kier alpha value is -0.610. The Morgan fingerprint density at radius 3 is 2.71 bits per heavy atom. The fourth-order valence-electron chi connectivity index (χ4n) is 2.63. The number of hydrogen-bond acceptors (Lipinski definition) is 3. The number of nitrogens with zero attached hydrogens (tertiary/aromatic N) is 2. The van der Waals surface area contributed by atoms with Crippen LogP contribution in [0.5, 0.6) is 0 Å². The van der Waals surface area contributed by atoms with E-state index in [9.17, 15) is 4.79 Å². The van der Waals surface area contributed by atoms with Gasteiger partial charge in [-0.1, -0.05) is 0 Å². The second-order valence-electron chi connectivity index (χ2n) is 5.78. The number of hydrogen-bond donors (Lipinski definition) is 0.